The van der Waals surface area contributed by atoms with E-state index in [0.29, 0.717) is 19.6 Å². The molecule has 0 saturated carbocycles. The topological polar surface area (TPSA) is 46.6 Å². The SMILES string of the molecule is COCC(C)N1CCC(=O)CC1=O. The van der Waals surface area contributed by atoms with Crippen molar-refractivity contribution in [3.8, 4) is 0 Å². The molecule has 0 aromatic carbocycles. The van der Waals surface area contributed by atoms with Gasteiger partial charge in [-0.25, -0.2) is 0 Å². The van der Waals surface area contributed by atoms with Crippen LogP contribution in [0.5, 0.6) is 0 Å². The van der Waals surface area contributed by atoms with E-state index in [1.54, 1.807) is 12.0 Å². The maximum absolute atomic E-state index is 11.4. The van der Waals surface area contributed by atoms with Crippen LogP contribution in [0.3, 0.4) is 0 Å². The van der Waals surface area contributed by atoms with Crippen molar-refractivity contribution >= 4 is 11.7 Å². The molecule has 4 nitrogen and oxygen atoms in total. The number of hydrogen-bond donors (Lipinski definition) is 0. The van der Waals surface area contributed by atoms with Gasteiger partial charge in [0, 0.05) is 20.1 Å². The maximum atomic E-state index is 11.4. The number of amides is 1. The molecule has 1 amide bonds. The number of piperidine rings is 1. The quantitative estimate of drug-likeness (QED) is 0.591. The van der Waals surface area contributed by atoms with Gasteiger partial charge < -0.3 is 9.64 Å². The summed E-state index contributed by atoms with van der Waals surface area (Å²) in [6.07, 6.45) is 0.549. The van der Waals surface area contributed by atoms with E-state index in [1.807, 2.05) is 6.92 Å². The summed E-state index contributed by atoms with van der Waals surface area (Å²) in [4.78, 5) is 24.0. The number of ketones is 1. The predicted octanol–water partition coefficient (Wildman–Crippen LogP) is 0.213. The first kappa shape index (κ1) is 10.2. The Labute approximate surface area is 77.8 Å². The van der Waals surface area contributed by atoms with Crippen molar-refractivity contribution in [2.45, 2.75) is 25.8 Å². The highest BCUT2D eigenvalue weighted by Crippen LogP contribution is 2.11. The van der Waals surface area contributed by atoms with E-state index in [9.17, 15) is 9.59 Å². The van der Waals surface area contributed by atoms with E-state index >= 15 is 0 Å². The third-order valence-corrected chi connectivity index (χ3v) is 2.24. The molecule has 74 valence electrons. The normalized spacial score (nSPS) is 20.6. The van der Waals surface area contributed by atoms with Crippen molar-refractivity contribution in [3.05, 3.63) is 0 Å². The van der Waals surface area contributed by atoms with Gasteiger partial charge in [-0.15, -0.1) is 0 Å². The third-order valence-electron chi connectivity index (χ3n) is 2.24. The van der Waals surface area contributed by atoms with Gasteiger partial charge in [0.15, 0.2) is 0 Å². The Morgan fingerprint density at radius 3 is 2.77 bits per heavy atom. The third kappa shape index (κ3) is 2.52. The lowest BCUT2D eigenvalue weighted by Gasteiger charge is -2.31. The average Bonchev–Trinajstić information content (AvgIpc) is 2.04. The van der Waals surface area contributed by atoms with Crippen LogP contribution in [0, 0.1) is 0 Å². The summed E-state index contributed by atoms with van der Waals surface area (Å²) < 4.78 is 4.95. The van der Waals surface area contributed by atoms with Gasteiger partial charge in [-0.05, 0) is 6.92 Å². The van der Waals surface area contributed by atoms with Crippen LogP contribution in [0.2, 0.25) is 0 Å². The fourth-order valence-electron chi connectivity index (χ4n) is 1.53. The van der Waals surface area contributed by atoms with Crippen LogP contribution in [0.15, 0.2) is 0 Å². The van der Waals surface area contributed by atoms with Crippen LogP contribution < -0.4 is 0 Å². The van der Waals surface area contributed by atoms with Crippen molar-refractivity contribution in [1.29, 1.82) is 0 Å². The molecule has 1 fully saturated rings. The van der Waals surface area contributed by atoms with Gasteiger partial charge in [-0.3, -0.25) is 9.59 Å². The fraction of sp³-hybridized carbons (Fsp3) is 0.778. The molecular formula is C9H15NO3. The first-order chi connectivity index (χ1) is 6.15. The zero-order chi connectivity index (χ0) is 9.84. The van der Waals surface area contributed by atoms with Crippen LogP contribution in [-0.2, 0) is 14.3 Å². The molecule has 1 atom stereocenters. The minimum Gasteiger partial charge on any atom is -0.383 e. The summed E-state index contributed by atoms with van der Waals surface area (Å²) in [5, 5.41) is 0. The summed E-state index contributed by atoms with van der Waals surface area (Å²) in [5.41, 5.74) is 0. The molecule has 1 saturated heterocycles. The lowest BCUT2D eigenvalue weighted by molar-refractivity contribution is -0.142. The van der Waals surface area contributed by atoms with E-state index in [4.69, 9.17) is 4.74 Å². The largest absolute Gasteiger partial charge is 0.383 e. The predicted molar refractivity (Wildman–Crippen MR) is 47.3 cm³/mol. The highest BCUT2D eigenvalue weighted by Gasteiger charge is 2.26. The van der Waals surface area contributed by atoms with Crippen molar-refractivity contribution < 1.29 is 14.3 Å². The molecule has 1 aliphatic rings. The molecule has 1 heterocycles. The first-order valence-electron chi connectivity index (χ1n) is 4.45. The zero-order valence-corrected chi connectivity index (χ0v) is 8.08. The average molecular weight is 185 g/mol. The minimum atomic E-state index is -0.0687. The minimum absolute atomic E-state index is 0.0471. The molecule has 0 radical (unpaired) electrons. The number of rotatable bonds is 3. The number of carbonyl (C=O) groups excluding carboxylic acids is 2. The Morgan fingerprint density at radius 1 is 1.54 bits per heavy atom. The molecule has 4 heteroatoms. The highest BCUT2D eigenvalue weighted by molar-refractivity contribution is 6.00. The number of Topliss-reactive ketones (excluding diaryl/α,β-unsaturated/α-hetero) is 1. The molecule has 0 spiro atoms. The monoisotopic (exact) mass is 185 g/mol. The Kier molecular flexibility index (Phi) is 3.42. The number of ether oxygens (including phenoxy) is 1. The number of hydrogen-bond acceptors (Lipinski definition) is 3. The van der Waals surface area contributed by atoms with E-state index in [-0.39, 0.29) is 24.2 Å². The number of likely N-dealkylation sites (tertiary alicyclic amines) is 1. The van der Waals surface area contributed by atoms with Gasteiger partial charge in [-0.2, -0.15) is 0 Å². The number of nitrogens with zero attached hydrogens (tertiary/aromatic N) is 1. The molecule has 1 aliphatic heterocycles. The second kappa shape index (κ2) is 4.37. The van der Waals surface area contributed by atoms with Gasteiger partial charge in [0.1, 0.15) is 5.78 Å². The van der Waals surface area contributed by atoms with E-state index in [0.717, 1.165) is 0 Å². The molecule has 1 unspecified atom stereocenters. The van der Waals surface area contributed by atoms with Crippen LogP contribution in [0.4, 0.5) is 0 Å². The molecule has 0 aromatic rings. The zero-order valence-electron chi connectivity index (χ0n) is 8.08. The Morgan fingerprint density at radius 2 is 2.23 bits per heavy atom. The van der Waals surface area contributed by atoms with Gasteiger partial charge in [0.2, 0.25) is 5.91 Å². The van der Waals surface area contributed by atoms with Crippen molar-refractivity contribution in [3.63, 3.8) is 0 Å². The highest BCUT2D eigenvalue weighted by atomic mass is 16.5. The molecule has 1 rings (SSSR count). The van der Waals surface area contributed by atoms with Crippen molar-refractivity contribution in [2.75, 3.05) is 20.3 Å². The Hall–Kier alpha value is -0.900. The maximum Gasteiger partial charge on any atom is 0.230 e. The molecule has 13 heavy (non-hydrogen) atoms. The van der Waals surface area contributed by atoms with Gasteiger partial charge >= 0.3 is 0 Å². The first-order valence-corrected chi connectivity index (χ1v) is 4.45. The molecular weight excluding hydrogens is 170 g/mol. The summed E-state index contributed by atoms with van der Waals surface area (Å²) in [6.45, 7) is 3.00. The lowest BCUT2D eigenvalue weighted by Crippen LogP contribution is -2.46. The summed E-state index contributed by atoms with van der Waals surface area (Å²) in [6, 6.07) is 0.0746. The second-order valence-corrected chi connectivity index (χ2v) is 3.36. The lowest BCUT2D eigenvalue weighted by atomic mass is 10.1. The van der Waals surface area contributed by atoms with Crippen LogP contribution >= 0.6 is 0 Å². The summed E-state index contributed by atoms with van der Waals surface area (Å²) in [7, 11) is 1.61. The molecule has 0 N–H and O–H groups in total. The van der Waals surface area contributed by atoms with Crippen LogP contribution in [0.25, 0.3) is 0 Å². The summed E-state index contributed by atoms with van der Waals surface area (Å²) >= 11 is 0. The van der Waals surface area contributed by atoms with Gasteiger partial charge in [-0.1, -0.05) is 0 Å². The standard InChI is InChI=1S/C9H15NO3/c1-7(6-13-2)10-4-3-8(11)5-9(10)12/h7H,3-6H2,1-2H3. The molecule has 0 aliphatic carbocycles. The van der Waals surface area contributed by atoms with E-state index in [1.165, 1.54) is 0 Å². The second-order valence-electron chi connectivity index (χ2n) is 3.36. The van der Waals surface area contributed by atoms with Gasteiger partial charge in [0.05, 0.1) is 19.1 Å². The summed E-state index contributed by atoms with van der Waals surface area (Å²) in [5.74, 6) is -0.0216. The van der Waals surface area contributed by atoms with E-state index in [2.05, 4.69) is 0 Å². The number of carbonyl (C=O) groups is 2. The number of methoxy groups -OCH3 is 1. The molecule has 0 bridgehead atoms. The molecule has 0 aromatic heterocycles. The Balaban J connectivity index is 2.50. The van der Waals surface area contributed by atoms with Crippen LogP contribution in [-0.4, -0.2) is 42.9 Å². The van der Waals surface area contributed by atoms with Crippen LogP contribution in [0.1, 0.15) is 19.8 Å². The Bertz CT molecular complexity index is 215. The van der Waals surface area contributed by atoms with E-state index < -0.39 is 0 Å². The fourth-order valence-corrected chi connectivity index (χ4v) is 1.53. The van der Waals surface area contributed by atoms with Gasteiger partial charge in [0.25, 0.3) is 0 Å². The van der Waals surface area contributed by atoms with Crippen molar-refractivity contribution in [2.24, 2.45) is 0 Å². The smallest absolute Gasteiger partial charge is 0.230 e. The van der Waals surface area contributed by atoms with Crippen molar-refractivity contribution in [1.82, 2.24) is 4.90 Å².